The van der Waals surface area contributed by atoms with Crippen molar-refractivity contribution in [2.24, 2.45) is 0 Å². The van der Waals surface area contributed by atoms with Crippen LogP contribution in [0.1, 0.15) is 0 Å². The standard InChI is InChI=1S/2C48H31N3/c1-3-12-34(13-4-1)43-31-44(50-48(49-43)36-14-5-2-6-15-36)35-23-26-40(27-24-35)51-45-18-10-9-17-41(45)47-42-30-39(22-20-33(42)25-28-46(47)51)38-21-19-32-11-7-8-16-37(32)29-38;1-3-12-33(13-4-1)43-31-44(50-48(49-43)35-14-5-2-6-15-35)34-21-25-40(26-22-34)51-45-18-10-9-17-42(45)47-41-27-23-38(30-39(41)24-28-46(47)51)37-20-19-32-11-7-8-16-36(32)29-37/h2*1-31H. The van der Waals surface area contributed by atoms with E-state index < -0.39 is 0 Å². The Morgan fingerprint density at radius 3 is 0.931 bits per heavy atom. The van der Waals surface area contributed by atoms with Crippen LogP contribution in [0.25, 0.3) is 188 Å². The van der Waals surface area contributed by atoms with Crippen LogP contribution < -0.4 is 0 Å². The van der Waals surface area contributed by atoms with Gasteiger partial charge in [0.25, 0.3) is 0 Å². The molecule has 0 N–H and O–H groups in total. The van der Waals surface area contributed by atoms with Gasteiger partial charge in [-0.1, -0.05) is 291 Å². The van der Waals surface area contributed by atoms with Crippen molar-refractivity contribution in [3.8, 4) is 101 Å². The molecule has 0 aliphatic rings. The van der Waals surface area contributed by atoms with Crippen molar-refractivity contribution in [2.45, 2.75) is 0 Å². The lowest BCUT2D eigenvalue weighted by Gasteiger charge is -2.12. The summed E-state index contributed by atoms with van der Waals surface area (Å²) in [5, 5.41) is 15.0. The maximum atomic E-state index is 5.06. The van der Waals surface area contributed by atoms with Crippen LogP contribution in [0.2, 0.25) is 0 Å². The average Bonchev–Trinajstić information content (AvgIpc) is 1.58. The van der Waals surface area contributed by atoms with Crippen LogP contribution in [-0.2, 0) is 0 Å². The third-order valence-electron chi connectivity index (χ3n) is 20.0. The van der Waals surface area contributed by atoms with E-state index in [-0.39, 0.29) is 0 Å². The Hall–Kier alpha value is -13.7. The average molecular weight is 1300 g/mol. The Bertz CT molecular complexity index is 6470. The molecule has 16 aromatic carbocycles. The lowest BCUT2D eigenvalue weighted by molar-refractivity contribution is 1.17. The molecule has 20 rings (SSSR count). The zero-order chi connectivity index (χ0) is 67.5. The fourth-order valence-electron chi connectivity index (χ4n) is 14.9. The molecule has 6 heteroatoms. The number of benzene rings is 16. The highest BCUT2D eigenvalue weighted by molar-refractivity contribution is 6.23. The first-order chi connectivity index (χ1) is 50.5. The van der Waals surface area contributed by atoms with Gasteiger partial charge >= 0.3 is 0 Å². The van der Waals surface area contributed by atoms with Crippen LogP contribution in [0.4, 0.5) is 0 Å². The van der Waals surface area contributed by atoms with Gasteiger partial charge in [0.2, 0.25) is 0 Å². The quantitative estimate of drug-likeness (QED) is 0.137. The fraction of sp³-hybridized carbons (Fsp3) is 0. The van der Waals surface area contributed by atoms with Gasteiger partial charge in [-0.05, 0) is 150 Å². The van der Waals surface area contributed by atoms with Crippen molar-refractivity contribution in [1.29, 1.82) is 0 Å². The predicted octanol–water partition coefficient (Wildman–Crippen LogP) is 25.1. The van der Waals surface area contributed by atoms with E-state index in [2.05, 4.69) is 312 Å². The Kier molecular flexibility index (Phi) is 14.8. The van der Waals surface area contributed by atoms with Crippen molar-refractivity contribution in [3.05, 3.63) is 376 Å². The van der Waals surface area contributed by atoms with E-state index in [4.69, 9.17) is 19.9 Å². The van der Waals surface area contributed by atoms with Crippen LogP contribution >= 0.6 is 0 Å². The van der Waals surface area contributed by atoms with E-state index in [9.17, 15) is 0 Å². The van der Waals surface area contributed by atoms with E-state index in [1.807, 2.05) is 72.8 Å². The Morgan fingerprint density at radius 2 is 0.480 bits per heavy atom. The molecule has 102 heavy (non-hydrogen) atoms. The molecule has 0 aliphatic carbocycles. The van der Waals surface area contributed by atoms with Gasteiger partial charge in [0.15, 0.2) is 11.6 Å². The molecule has 0 unspecified atom stereocenters. The summed E-state index contributed by atoms with van der Waals surface area (Å²) in [5.41, 5.74) is 21.7. The van der Waals surface area contributed by atoms with Crippen molar-refractivity contribution >= 4 is 86.7 Å². The number of aromatic nitrogens is 6. The second-order valence-electron chi connectivity index (χ2n) is 26.1. The number of fused-ring (bicyclic) bond motifs is 12. The molecule has 0 amide bonds. The smallest absolute Gasteiger partial charge is 0.160 e. The summed E-state index contributed by atoms with van der Waals surface area (Å²) >= 11 is 0. The summed E-state index contributed by atoms with van der Waals surface area (Å²) in [7, 11) is 0. The number of rotatable bonds is 10. The first-order valence-electron chi connectivity index (χ1n) is 34.7. The minimum atomic E-state index is 0.716. The lowest BCUT2D eigenvalue weighted by atomic mass is 9.96. The highest BCUT2D eigenvalue weighted by Crippen LogP contribution is 2.42. The molecule has 0 bridgehead atoms. The SMILES string of the molecule is c1ccc(-c2cc(-c3ccc(-n4c5ccccc5c5c6cc(-c7ccc8ccccc8c7)ccc6ccc54)cc3)nc(-c3ccccc3)n2)cc1.c1ccc(-c2cc(-c3ccc(-n4c5ccccc5c5c6ccc(-c7ccc8ccccc8c7)cc6ccc54)cc3)nc(-c3ccccc3)n2)cc1. The Labute approximate surface area is 589 Å². The topological polar surface area (TPSA) is 61.4 Å². The molecular formula is C96H62N6. The summed E-state index contributed by atoms with van der Waals surface area (Å²) in [5.74, 6) is 1.43. The van der Waals surface area contributed by atoms with Crippen LogP contribution in [0.3, 0.4) is 0 Å². The van der Waals surface area contributed by atoms with Crippen molar-refractivity contribution in [1.82, 2.24) is 29.1 Å². The number of para-hydroxylation sites is 2. The molecule has 4 aromatic heterocycles. The van der Waals surface area contributed by atoms with E-state index in [1.165, 1.54) is 109 Å². The summed E-state index contributed by atoms with van der Waals surface area (Å²) in [4.78, 5) is 20.1. The van der Waals surface area contributed by atoms with E-state index in [0.29, 0.717) is 11.6 Å². The van der Waals surface area contributed by atoms with Gasteiger partial charge in [0.05, 0.1) is 44.8 Å². The minimum absolute atomic E-state index is 0.716. The molecule has 0 saturated heterocycles. The summed E-state index contributed by atoms with van der Waals surface area (Å²) in [6, 6.07) is 134. The van der Waals surface area contributed by atoms with Crippen molar-refractivity contribution in [3.63, 3.8) is 0 Å². The Morgan fingerprint density at radius 1 is 0.167 bits per heavy atom. The summed E-state index contributed by atoms with van der Waals surface area (Å²) in [6.07, 6.45) is 0. The second kappa shape index (κ2) is 25.3. The van der Waals surface area contributed by atoms with Gasteiger partial charge in [0.1, 0.15) is 0 Å². The van der Waals surface area contributed by atoms with E-state index in [0.717, 1.165) is 67.5 Å². The lowest BCUT2D eigenvalue weighted by Crippen LogP contribution is -1.97. The molecule has 0 fully saturated rings. The maximum absolute atomic E-state index is 5.06. The molecular weight excluding hydrogens is 1240 g/mol. The molecule has 0 aliphatic heterocycles. The Balaban J connectivity index is 0.000000141. The van der Waals surface area contributed by atoms with Crippen LogP contribution in [0.15, 0.2) is 376 Å². The maximum Gasteiger partial charge on any atom is 0.160 e. The molecule has 476 valence electrons. The predicted molar refractivity (Wildman–Crippen MR) is 426 cm³/mol. The molecule has 0 radical (unpaired) electrons. The molecule has 6 nitrogen and oxygen atoms in total. The fourth-order valence-corrected chi connectivity index (χ4v) is 14.9. The summed E-state index contributed by atoms with van der Waals surface area (Å²) in [6.45, 7) is 0. The number of hydrogen-bond donors (Lipinski definition) is 0. The van der Waals surface area contributed by atoms with Gasteiger partial charge < -0.3 is 9.13 Å². The van der Waals surface area contributed by atoms with Crippen LogP contribution in [0, 0.1) is 0 Å². The normalized spacial score (nSPS) is 11.5. The highest BCUT2D eigenvalue weighted by atomic mass is 15.0. The number of nitrogens with zero attached hydrogens (tertiary/aromatic N) is 6. The van der Waals surface area contributed by atoms with Gasteiger partial charge in [-0.3, -0.25) is 0 Å². The molecule has 4 heterocycles. The molecule has 0 saturated carbocycles. The molecule has 20 aromatic rings. The van der Waals surface area contributed by atoms with Crippen molar-refractivity contribution < 1.29 is 0 Å². The minimum Gasteiger partial charge on any atom is -0.309 e. The number of hydrogen-bond acceptors (Lipinski definition) is 4. The first-order valence-corrected chi connectivity index (χ1v) is 34.7. The zero-order valence-corrected chi connectivity index (χ0v) is 55.5. The van der Waals surface area contributed by atoms with Crippen molar-refractivity contribution in [2.75, 3.05) is 0 Å². The van der Waals surface area contributed by atoms with Gasteiger partial charge in [0, 0.05) is 66.3 Å². The van der Waals surface area contributed by atoms with Gasteiger partial charge in [-0.25, -0.2) is 19.9 Å². The van der Waals surface area contributed by atoms with E-state index in [1.54, 1.807) is 0 Å². The first kappa shape index (κ1) is 59.6. The molecule has 0 spiro atoms. The van der Waals surface area contributed by atoms with Gasteiger partial charge in [-0.15, -0.1) is 0 Å². The monoisotopic (exact) mass is 1300 g/mol. The third-order valence-corrected chi connectivity index (χ3v) is 20.0. The zero-order valence-electron chi connectivity index (χ0n) is 55.5. The molecule has 0 atom stereocenters. The van der Waals surface area contributed by atoms with Crippen LogP contribution in [-0.4, -0.2) is 29.1 Å². The third kappa shape index (κ3) is 10.9. The van der Waals surface area contributed by atoms with Crippen LogP contribution in [0.5, 0.6) is 0 Å². The highest BCUT2D eigenvalue weighted by Gasteiger charge is 2.20. The van der Waals surface area contributed by atoms with Gasteiger partial charge in [-0.2, -0.15) is 0 Å². The van der Waals surface area contributed by atoms with E-state index >= 15 is 0 Å². The summed E-state index contributed by atoms with van der Waals surface area (Å²) < 4.78 is 4.78. The largest absolute Gasteiger partial charge is 0.309 e. The second-order valence-corrected chi connectivity index (χ2v) is 26.1.